The van der Waals surface area contributed by atoms with E-state index in [1.54, 1.807) is 6.92 Å². The van der Waals surface area contributed by atoms with Crippen molar-refractivity contribution in [3.05, 3.63) is 11.6 Å². The minimum atomic E-state index is -0.999. The number of hydrogen-bond acceptors (Lipinski definition) is 5. The quantitative estimate of drug-likeness (QED) is 0.527. The molecule has 5 heteroatoms. The van der Waals surface area contributed by atoms with Crippen molar-refractivity contribution >= 4 is 17.5 Å². The molecule has 5 aliphatic carbocycles. The second kappa shape index (κ2) is 5.22. The van der Waals surface area contributed by atoms with Gasteiger partial charge in [-0.2, -0.15) is 0 Å². The van der Waals surface area contributed by atoms with Gasteiger partial charge in [0, 0.05) is 18.3 Å². The number of esters is 1. The van der Waals surface area contributed by atoms with E-state index in [4.69, 9.17) is 9.47 Å². The lowest BCUT2D eigenvalue weighted by Crippen LogP contribution is -2.60. The van der Waals surface area contributed by atoms with Crippen molar-refractivity contribution < 1.29 is 23.9 Å². The second-order valence-electron chi connectivity index (χ2n) is 11.0. The molecule has 1 aliphatic heterocycles. The molecule has 5 fully saturated rings. The van der Waals surface area contributed by atoms with Crippen LogP contribution in [0.15, 0.2) is 11.6 Å². The monoisotopic (exact) mass is 398 g/mol. The molecule has 6 rings (SSSR count). The third-order valence-corrected chi connectivity index (χ3v) is 10.2. The van der Waals surface area contributed by atoms with Crippen LogP contribution in [0.4, 0.5) is 0 Å². The molecule has 0 N–H and O–H groups in total. The zero-order valence-electron chi connectivity index (χ0n) is 17.7. The zero-order chi connectivity index (χ0) is 20.5. The first kappa shape index (κ1) is 18.3. The molecule has 5 nitrogen and oxygen atoms in total. The smallest absolute Gasteiger partial charge is 0.303 e. The molecule has 0 aromatic heterocycles. The van der Waals surface area contributed by atoms with Crippen LogP contribution in [0.5, 0.6) is 0 Å². The van der Waals surface area contributed by atoms with Crippen LogP contribution >= 0.6 is 0 Å². The van der Waals surface area contributed by atoms with E-state index in [2.05, 4.69) is 13.8 Å². The van der Waals surface area contributed by atoms with E-state index in [-0.39, 0.29) is 40.7 Å². The van der Waals surface area contributed by atoms with Crippen molar-refractivity contribution in [3.63, 3.8) is 0 Å². The van der Waals surface area contributed by atoms with E-state index in [1.165, 1.54) is 12.5 Å². The molecule has 0 aromatic carbocycles. The average Bonchev–Trinajstić information content (AvgIpc) is 3.54. The summed E-state index contributed by atoms with van der Waals surface area (Å²) in [5.74, 6) is 1.79. The molecule has 0 aromatic rings. The van der Waals surface area contributed by atoms with E-state index >= 15 is 0 Å². The minimum absolute atomic E-state index is 0.0162. The van der Waals surface area contributed by atoms with Crippen LogP contribution in [0.1, 0.15) is 59.8 Å². The molecule has 10 atom stereocenters. The van der Waals surface area contributed by atoms with Crippen LogP contribution in [-0.4, -0.2) is 35.3 Å². The largest absolute Gasteiger partial charge is 0.451 e. The minimum Gasteiger partial charge on any atom is -0.451 e. The summed E-state index contributed by atoms with van der Waals surface area (Å²) >= 11 is 0. The van der Waals surface area contributed by atoms with Crippen molar-refractivity contribution in [2.24, 2.45) is 40.4 Å². The van der Waals surface area contributed by atoms with Gasteiger partial charge in [0.25, 0.3) is 0 Å². The first-order valence-corrected chi connectivity index (χ1v) is 11.3. The number of carbonyl (C=O) groups excluding carboxylic acids is 3. The highest BCUT2D eigenvalue weighted by molar-refractivity contribution is 5.96. The maximum Gasteiger partial charge on any atom is 0.303 e. The Hall–Kier alpha value is -1.49. The van der Waals surface area contributed by atoms with Gasteiger partial charge in [0.15, 0.2) is 17.2 Å². The lowest BCUT2D eigenvalue weighted by molar-refractivity contribution is -0.187. The molecule has 0 bridgehead atoms. The van der Waals surface area contributed by atoms with Gasteiger partial charge in [-0.25, -0.2) is 0 Å². The van der Waals surface area contributed by atoms with Crippen molar-refractivity contribution in [2.45, 2.75) is 77.6 Å². The summed E-state index contributed by atoms with van der Waals surface area (Å²) in [4.78, 5) is 37.2. The normalized spacial score (nSPS) is 56.1. The van der Waals surface area contributed by atoms with Crippen LogP contribution in [0.2, 0.25) is 0 Å². The average molecular weight is 398 g/mol. The predicted molar refractivity (Wildman–Crippen MR) is 104 cm³/mol. The zero-order valence-corrected chi connectivity index (χ0v) is 17.7. The van der Waals surface area contributed by atoms with Crippen LogP contribution in [0, 0.1) is 40.4 Å². The van der Waals surface area contributed by atoms with Crippen molar-refractivity contribution in [1.82, 2.24) is 0 Å². The SMILES string of the molecule is CC(=O)O[C@@]1(C(C)=O)CC[C@@H]2[C@@H]3[C@H]4O[C@H]4C4=CC(=O)[C@H]5C[C@H]5[C@]4(C)[C@@H]3CC[C@@]21C. The fourth-order valence-corrected chi connectivity index (χ4v) is 8.76. The van der Waals surface area contributed by atoms with E-state index in [1.807, 2.05) is 6.08 Å². The van der Waals surface area contributed by atoms with Gasteiger partial charge >= 0.3 is 5.97 Å². The summed E-state index contributed by atoms with van der Waals surface area (Å²) in [6.07, 6.45) is 6.59. The number of Topliss-reactive ketones (excluding diaryl/α,β-unsaturated/α-hetero) is 1. The number of epoxide rings is 1. The second-order valence-corrected chi connectivity index (χ2v) is 11.0. The molecule has 29 heavy (non-hydrogen) atoms. The van der Waals surface area contributed by atoms with Gasteiger partial charge in [-0.1, -0.05) is 13.8 Å². The Labute approximate surface area is 171 Å². The molecule has 0 amide bonds. The predicted octanol–water partition coefficient (Wildman–Crippen LogP) is 3.25. The Bertz CT molecular complexity index is 890. The number of carbonyl (C=O) groups is 3. The molecular weight excluding hydrogens is 368 g/mol. The summed E-state index contributed by atoms with van der Waals surface area (Å²) in [7, 11) is 0. The molecule has 4 saturated carbocycles. The number of fused-ring (bicyclic) bond motifs is 10. The highest BCUT2D eigenvalue weighted by atomic mass is 16.6. The maximum absolute atomic E-state index is 12.8. The summed E-state index contributed by atoms with van der Waals surface area (Å²) in [6, 6.07) is 0. The molecule has 0 radical (unpaired) electrons. The lowest BCUT2D eigenvalue weighted by atomic mass is 9.46. The fraction of sp³-hybridized carbons (Fsp3) is 0.792. The number of ether oxygens (including phenoxy) is 2. The lowest BCUT2D eigenvalue weighted by Gasteiger charge is -2.58. The molecule has 0 unspecified atom stereocenters. The Morgan fingerprint density at radius 3 is 2.52 bits per heavy atom. The standard InChI is InChI=1S/C24H30O5/c1-11(25)24(29-12(2)26)8-6-14-19-15(5-7-22(14,24)3)23(4)16-9-13(16)18(27)10-17(23)20-21(19)28-20/h10,13-16,19-21H,5-9H2,1-4H3/t13-,14+,15+,16+,19-,20-,21+,22-,23-,24+/m0/s1. The van der Waals surface area contributed by atoms with Gasteiger partial charge in [0.05, 0.1) is 6.10 Å². The van der Waals surface area contributed by atoms with E-state index in [9.17, 15) is 14.4 Å². The number of rotatable bonds is 2. The molecule has 156 valence electrons. The van der Waals surface area contributed by atoms with Crippen LogP contribution in [-0.2, 0) is 23.9 Å². The summed E-state index contributed by atoms with van der Waals surface area (Å²) in [6.45, 7) is 7.57. The van der Waals surface area contributed by atoms with Gasteiger partial charge in [0.2, 0.25) is 0 Å². The third kappa shape index (κ3) is 1.94. The van der Waals surface area contributed by atoms with Gasteiger partial charge in [-0.15, -0.1) is 0 Å². The van der Waals surface area contributed by atoms with Crippen LogP contribution < -0.4 is 0 Å². The molecule has 0 spiro atoms. The Balaban J connectivity index is 1.42. The molecule has 1 heterocycles. The number of hydrogen-bond donors (Lipinski definition) is 0. The summed E-state index contributed by atoms with van der Waals surface area (Å²) in [5.41, 5.74) is -0.0364. The molecule has 6 aliphatic rings. The Morgan fingerprint density at radius 2 is 1.83 bits per heavy atom. The highest BCUT2D eigenvalue weighted by Crippen LogP contribution is 2.75. The topological polar surface area (TPSA) is 73.0 Å². The van der Waals surface area contributed by atoms with Gasteiger partial charge in [0.1, 0.15) is 6.10 Å². The van der Waals surface area contributed by atoms with E-state index in [0.717, 1.165) is 25.7 Å². The van der Waals surface area contributed by atoms with Crippen LogP contribution in [0.3, 0.4) is 0 Å². The highest BCUT2D eigenvalue weighted by Gasteiger charge is 2.76. The van der Waals surface area contributed by atoms with E-state index in [0.29, 0.717) is 35.9 Å². The number of ketones is 2. The molecular formula is C24H30O5. The first-order valence-electron chi connectivity index (χ1n) is 11.3. The molecule has 1 saturated heterocycles. The van der Waals surface area contributed by atoms with Crippen molar-refractivity contribution in [3.8, 4) is 0 Å². The van der Waals surface area contributed by atoms with E-state index < -0.39 is 5.60 Å². The maximum atomic E-state index is 12.8. The fourth-order valence-electron chi connectivity index (χ4n) is 8.76. The van der Waals surface area contributed by atoms with Gasteiger partial charge < -0.3 is 9.47 Å². The van der Waals surface area contributed by atoms with Gasteiger partial charge in [-0.3, -0.25) is 14.4 Å². The van der Waals surface area contributed by atoms with Gasteiger partial charge in [-0.05, 0) is 79.8 Å². The summed E-state index contributed by atoms with van der Waals surface area (Å²) in [5, 5.41) is 0. The van der Waals surface area contributed by atoms with Crippen LogP contribution in [0.25, 0.3) is 0 Å². The summed E-state index contributed by atoms with van der Waals surface area (Å²) < 4.78 is 12.1. The third-order valence-electron chi connectivity index (χ3n) is 10.2. The van der Waals surface area contributed by atoms with Crippen molar-refractivity contribution in [1.29, 1.82) is 0 Å². The first-order chi connectivity index (χ1) is 13.6. The Morgan fingerprint density at radius 1 is 1.10 bits per heavy atom. The van der Waals surface area contributed by atoms with Crippen molar-refractivity contribution in [2.75, 3.05) is 0 Å². The Kier molecular flexibility index (Phi) is 3.29.